The molecule has 2 aromatic carbocycles. The number of amides is 1. The van der Waals surface area contributed by atoms with E-state index in [-0.39, 0.29) is 12.1 Å². The Kier molecular flexibility index (Phi) is 3.42. The lowest BCUT2D eigenvalue weighted by Gasteiger charge is -2.39. The monoisotopic (exact) mass is 266 g/mol. The maximum absolute atomic E-state index is 12.3. The van der Waals surface area contributed by atoms with Crippen LogP contribution in [-0.2, 0) is 0 Å². The van der Waals surface area contributed by atoms with Crippen LogP contribution in [0.3, 0.4) is 0 Å². The number of carbonyl (C=O) groups excluding carboxylic acids is 1. The third-order valence-electron chi connectivity index (χ3n) is 3.62. The van der Waals surface area contributed by atoms with Crippen molar-refractivity contribution in [3.8, 4) is 0 Å². The molecule has 0 bridgehead atoms. The molecule has 1 amide bonds. The fourth-order valence-corrected chi connectivity index (χ4v) is 2.72. The number of nitrogens with zero attached hydrogens (tertiary/aromatic N) is 1. The molecule has 3 heteroatoms. The van der Waals surface area contributed by atoms with Gasteiger partial charge in [0.1, 0.15) is 6.17 Å². The Labute approximate surface area is 119 Å². The Morgan fingerprint density at radius 1 is 1.05 bits per heavy atom. The Balaban J connectivity index is 2.06. The van der Waals surface area contributed by atoms with Gasteiger partial charge in [0.2, 0.25) is 0 Å². The fraction of sp³-hybridized carbons (Fsp3) is 0.235. The van der Waals surface area contributed by atoms with Crippen molar-refractivity contribution in [1.82, 2.24) is 5.32 Å². The summed E-state index contributed by atoms with van der Waals surface area (Å²) in [6.45, 7) is 3.07. The molecule has 0 saturated carbocycles. The number of carbonyl (C=O) groups is 1. The molecule has 1 aliphatic rings. The number of anilines is 1. The maximum atomic E-state index is 12.3. The second-order valence-electron chi connectivity index (χ2n) is 5.00. The topological polar surface area (TPSA) is 32.3 Å². The van der Waals surface area contributed by atoms with Crippen molar-refractivity contribution in [2.24, 2.45) is 0 Å². The molecule has 1 aliphatic heterocycles. The van der Waals surface area contributed by atoms with E-state index in [1.807, 2.05) is 42.5 Å². The van der Waals surface area contributed by atoms with Crippen molar-refractivity contribution < 1.29 is 4.79 Å². The van der Waals surface area contributed by atoms with Crippen molar-refractivity contribution in [3.63, 3.8) is 0 Å². The van der Waals surface area contributed by atoms with Crippen molar-refractivity contribution >= 4 is 11.6 Å². The van der Waals surface area contributed by atoms with Crippen LogP contribution in [0.2, 0.25) is 0 Å². The van der Waals surface area contributed by atoms with Gasteiger partial charge in [-0.1, -0.05) is 49.4 Å². The lowest BCUT2D eigenvalue weighted by Crippen LogP contribution is -2.46. The molecule has 0 spiro atoms. The number of hydrogen-bond acceptors (Lipinski definition) is 2. The van der Waals surface area contributed by atoms with E-state index in [1.165, 1.54) is 0 Å². The number of fused-ring (bicyclic) bond motifs is 1. The van der Waals surface area contributed by atoms with Crippen LogP contribution in [0.4, 0.5) is 5.69 Å². The molecule has 0 fully saturated rings. The van der Waals surface area contributed by atoms with Gasteiger partial charge < -0.3 is 10.2 Å². The van der Waals surface area contributed by atoms with Crippen LogP contribution >= 0.6 is 0 Å². The molecule has 3 nitrogen and oxygen atoms in total. The summed E-state index contributed by atoms with van der Waals surface area (Å²) in [7, 11) is 0. The van der Waals surface area contributed by atoms with Gasteiger partial charge in [0.15, 0.2) is 0 Å². The van der Waals surface area contributed by atoms with E-state index in [9.17, 15) is 4.79 Å². The Morgan fingerprint density at radius 2 is 1.75 bits per heavy atom. The minimum absolute atomic E-state index is 0.00167. The molecular weight excluding hydrogens is 248 g/mol. The van der Waals surface area contributed by atoms with E-state index in [1.54, 1.807) is 0 Å². The molecule has 1 N–H and O–H groups in total. The van der Waals surface area contributed by atoms with E-state index >= 15 is 0 Å². The van der Waals surface area contributed by atoms with Gasteiger partial charge in [-0.3, -0.25) is 4.79 Å². The lowest BCUT2D eigenvalue weighted by molar-refractivity contribution is 0.0926. The average molecular weight is 266 g/mol. The number of hydrogen-bond donors (Lipinski definition) is 1. The van der Waals surface area contributed by atoms with Gasteiger partial charge >= 0.3 is 0 Å². The summed E-state index contributed by atoms with van der Waals surface area (Å²) in [5, 5.41) is 3.11. The minimum atomic E-state index is -0.0847. The summed E-state index contributed by atoms with van der Waals surface area (Å²) in [5.74, 6) is 0.00167. The molecule has 1 heterocycles. The highest BCUT2D eigenvalue weighted by Gasteiger charge is 2.30. The molecule has 0 aliphatic carbocycles. The van der Waals surface area contributed by atoms with Crippen LogP contribution in [0.5, 0.6) is 0 Å². The van der Waals surface area contributed by atoms with Crippen LogP contribution < -0.4 is 10.2 Å². The minimum Gasteiger partial charge on any atom is -0.347 e. The van der Waals surface area contributed by atoms with Crippen molar-refractivity contribution in [2.75, 3.05) is 11.4 Å². The van der Waals surface area contributed by atoms with Gasteiger partial charge in [-0.05, 0) is 24.1 Å². The van der Waals surface area contributed by atoms with Crippen LogP contribution in [0.25, 0.3) is 0 Å². The van der Waals surface area contributed by atoms with Crippen molar-refractivity contribution in [2.45, 2.75) is 19.5 Å². The van der Waals surface area contributed by atoms with Crippen molar-refractivity contribution in [1.29, 1.82) is 0 Å². The predicted octanol–water partition coefficient (Wildman–Crippen LogP) is 3.35. The summed E-state index contributed by atoms with van der Waals surface area (Å²) < 4.78 is 0. The van der Waals surface area contributed by atoms with Gasteiger partial charge in [0.25, 0.3) is 5.91 Å². The number of rotatable bonds is 3. The van der Waals surface area contributed by atoms with E-state index in [4.69, 9.17) is 0 Å². The summed E-state index contributed by atoms with van der Waals surface area (Å²) in [4.78, 5) is 14.6. The van der Waals surface area contributed by atoms with Crippen LogP contribution in [0.1, 0.15) is 35.4 Å². The van der Waals surface area contributed by atoms with E-state index in [0.717, 1.165) is 29.8 Å². The average Bonchev–Trinajstić information content (AvgIpc) is 2.51. The van der Waals surface area contributed by atoms with E-state index in [2.05, 4.69) is 29.3 Å². The van der Waals surface area contributed by atoms with Crippen LogP contribution in [0, 0.1) is 0 Å². The quantitative estimate of drug-likeness (QED) is 0.924. The molecule has 0 saturated heterocycles. The SMILES string of the molecule is CCCN1c2ccccc2C(=O)NC1c1ccccc1. The van der Waals surface area contributed by atoms with E-state index < -0.39 is 0 Å². The second-order valence-corrected chi connectivity index (χ2v) is 5.00. The molecule has 20 heavy (non-hydrogen) atoms. The molecule has 0 radical (unpaired) electrons. The third-order valence-corrected chi connectivity index (χ3v) is 3.62. The van der Waals surface area contributed by atoms with Gasteiger partial charge in [-0.15, -0.1) is 0 Å². The third kappa shape index (κ3) is 2.16. The van der Waals surface area contributed by atoms with Gasteiger partial charge in [-0.2, -0.15) is 0 Å². The highest BCUT2D eigenvalue weighted by molar-refractivity contribution is 6.02. The highest BCUT2D eigenvalue weighted by Crippen LogP contribution is 2.32. The molecule has 1 unspecified atom stereocenters. The second kappa shape index (κ2) is 5.37. The molecule has 2 aromatic rings. The zero-order valence-electron chi connectivity index (χ0n) is 11.5. The smallest absolute Gasteiger partial charge is 0.255 e. The number of para-hydroxylation sites is 1. The van der Waals surface area contributed by atoms with Crippen LogP contribution in [-0.4, -0.2) is 12.5 Å². The summed E-state index contributed by atoms with van der Waals surface area (Å²) in [6, 6.07) is 17.9. The Morgan fingerprint density at radius 3 is 2.50 bits per heavy atom. The molecule has 1 atom stereocenters. The highest BCUT2D eigenvalue weighted by atomic mass is 16.2. The zero-order chi connectivity index (χ0) is 13.9. The fourth-order valence-electron chi connectivity index (χ4n) is 2.72. The first kappa shape index (κ1) is 12.7. The summed E-state index contributed by atoms with van der Waals surface area (Å²) in [6.07, 6.45) is 0.951. The predicted molar refractivity (Wildman–Crippen MR) is 80.7 cm³/mol. The lowest BCUT2D eigenvalue weighted by atomic mass is 10.0. The number of benzene rings is 2. The first-order valence-corrected chi connectivity index (χ1v) is 7.02. The van der Waals surface area contributed by atoms with E-state index in [0.29, 0.717) is 0 Å². The maximum Gasteiger partial charge on any atom is 0.255 e. The van der Waals surface area contributed by atoms with Gasteiger partial charge in [-0.25, -0.2) is 0 Å². The molecule has 3 rings (SSSR count). The normalized spacial score (nSPS) is 17.6. The molecule has 0 aromatic heterocycles. The first-order chi connectivity index (χ1) is 9.81. The summed E-state index contributed by atoms with van der Waals surface area (Å²) in [5.41, 5.74) is 2.89. The molecular formula is C17H18N2O. The Hall–Kier alpha value is -2.29. The zero-order valence-corrected chi connectivity index (χ0v) is 11.5. The van der Waals surface area contributed by atoms with Gasteiger partial charge in [0, 0.05) is 6.54 Å². The standard InChI is InChI=1S/C17H18N2O/c1-2-12-19-15-11-7-6-10-14(15)17(20)18-16(19)13-8-4-3-5-9-13/h3-11,16H,2,12H2,1H3,(H,18,20). The largest absolute Gasteiger partial charge is 0.347 e. The Bertz CT molecular complexity index is 609. The number of nitrogens with one attached hydrogen (secondary N) is 1. The van der Waals surface area contributed by atoms with Crippen LogP contribution in [0.15, 0.2) is 54.6 Å². The first-order valence-electron chi connectivity index (χ1n) is 7.02. The van der Waals surface area contributed by atoms with Gasteiger partial charge in [0.05, 0.1) is 11.3 Å². The molecule has 102 valence electrons. The van der Waals surface area contributed by atoms with Crippen molar-refractivity contribution in [3.05, 3.63) is 65.7 Å². The summed E-state index contributed by atoms with van der Waals surface area (Å²) >= 11 is 0.